The Labute approximate surface area is 93.9 Å². The average Bonchev–Trinajstić information content (AvgIpc) is 2.63. The van der Waals surface area contributed by atoms with Gasteiger partial charge in [-0.15, -0.1) is 0 Å². The first-order valence-corrected chi connectivity index (χ1v) is 6.51. The molecule has 1 saturated carbocycles. The van der Waals surface area contributed by atoms with Crippen molar-refractivity contribution < 1.29 is 4.79 Å². The Kier molecular flexibility index (Phi) is 6.38. The number of rotatable bonds is 7. The lowest BCUT2D eigenvalue weighted by Crippen LogP contribution is -1.89. The van der Waals surface area contributed by atoms with E-state index in [1.165, 1.54) is 38.5 Å². The largest absolute Gasteiger partial charge is 0.300 e. The van der Waals surface area contributed by atoms with E-state index >= 15 is 0 Å². The second-order valence-electron chi connectivity index (χ2n) is 4.67. The molecule has 0 spiro atoms. The molecule has 1 aliphatic rings. The molecule has 1 aliphatic carbocycles. The summed E-state index contributed by atoms with van der Waals surface area (Å²) in [5.41, 5.74) is 0. The maximum absolute atomic E-state index is 11.0. The highest BCUT2D eigenvalue weighted by molar-refractivity contribution is 5.80. The molecular weight excluding hydrogens is 184 g/mol. The van der Waals surface area contributed by atoms with Crippen LogP contribution in [0.2, 0.25) is 0 Å². The van der Waals surface area contributed by atoms with Crippen LogP contribution < -0.4 is 0 Å². The van der Waals surface area contributed by atoms with Gasteiger partial charge in [-0.3, -0.25) is 4.79 Å². The van der Waals surface area contributed by atoms with Crippen LogP contribution in [0, 0.1) is 5.92 Å². The summed E-state index contributed by atoms with van der Waals surface area (Å²) < 4.78 is 0. The second kappa shape index (κ2) is 7.67. The van der Waals surface area contributed by atoms with Crippen molar-refractivity contribution in [1.82, 2.24) is 0 Å². The predicted molar refractivity (Wildman–Crippen MR) is 64.9 cm³/mol. The molecule has 1 fully saturated rings. The summed E-state index contributed by atoms with van der Waals surface area (Å²) in [5.74, 6) is 1.01. The van der Waals surface area contributed by atoms with Gasteiger partial charge in [0.05, 0.1) is 0 Å². The molecular formula is C14H24O. The van der Waals surface area contributed by atoms with Gasteiger partial charge in [-0.2, -0.15) is 0 Å². The Bertz CT molecular complexity index is 205. The summed E-state index contributed by atoms with van der Waals surface area (Å²) >= 11 is 0. The monoisotopic (exact) mass is 208 g/mol. The van der Waals surface area contributed by atoms with E-state index in [4.69, 9.17) is 0 Å². The number of ketones is 1. The number of hydrogen-bond donors (Lipinski definition) is 0. The van der Waals surface area contributed by atoms with E-state index in [0.717, 1.165) is 19.3 Å². The molecule has 0 amide bonds. The molecule has 15 heavy (non-hydrogen) atoms. The topological polar surface area (TPSA) is 17.1 Å². The molecule has 0 saturated heterocycles. The molecule has 0 aliphatic heterocycles. The van der Waals surface area contributed by atoms with Crippen LogP contribution in [-0.2, 0) is 4.79 Å². The van der Waals surface area contributed by atoms with E-state index < -0.39 is 0 Å². The Hall–Kier alpha value is -0.590. The zero-order valence-corrected chi connectivity index (χ0v) is 10.0. The van der Waals surface area contributed by atoms with Crippen LogP contribution in [-0.4, -0.2) is 5.78 Å². The second-order valence-corrected chi connectivity index (χ2v) is 4.67. The smallest absolute Gasteiger partial charge is 0.133 e. The summed E-state index contributed by atoms with van der Waals surface area (Å²) in [7, 11) is 0. The highest BCUT2D eigenvalue weighted by atomic mass is 16.1. The van der Waals surface area contributed by atoms with Gasteiger partial charge >= 0.3 is 0 Å². The molecule has 1 unspecified atom stereocenters. The standard InChI is InChI=1S/C14H24O/c1-2-3-4-5-6-7-8-9-13-10-11-14(15)12-13/h8-9,13H,2-7,10-12H2,1H3/b9-8+. The van der Waals surface area contributed by atoms with E-state index in [1.54, 1.807) is 0 Å². The molecule has 1 rings (SSSR count). The van der Waals surface area contributed by atoms with Crippen molar-refractivity contribution in [2.45, 2.75) is 64.7 Å². The van der Waals surface area contributed by atoms with Gasteiger partial charge in [-0.1, -0.05) is 44.8 Å². The molecule has 0 aromatic rings. The van der Waals surface area contributed by atoms with Crippen LogP contribution in [0.1, 0.15) is 64.7 Å². The fourth-order valence-electron chi connectivity index (χ4n) is 2.16. The molecule has 0 heterocycles. The van der Waals surface area contributed by atoms with Gasteiger partial charge in [0.1, 0.15) is 5.78 Å². The Morgan fingerprint density at radius 2 is 2.07 bits per heavy atom. The number of hydrogen-bond acceptors (Lipinski definition) is 1. The Morgan fingerprint density at radius 1 is 1.27 bits per heavy atom. The van der Waals surface area contributed by atoms with Gasteiger partial charge in [0.25, 0.3) is 0 Å². The number of carbonyl (C=O) groups is 1. The number of unbranched alkanes of at least 4 members (excludes halogenated alkanes) is 5. The van der Waals surface area contributed by atoms with E-state index in [-0.39, 0.29) is 0 Å². The molecule has 1 heteroatoms. The third-order valence-corrected chi connectivity index (χ3v) is 3.17. The van der Waals surface area contributed by atoms with Crippen LogP contribution >= 0.6 is 0 Å². The van der Waals surface area contributed by atoms with Crippen molar-refractivity contribution in [1.29, 1.82) is 0 Å². The van der Waals surface area contributed by atoms with Gasteiger partial charge in [0.15, 0.2) is 0 Å². The third kappa shape index (κ3) is 5.76. The van der Waals surface area contributed by atoms with Crippen molar-refractivity contribution in [2.75, 3.05) is 0 Å². The van der Waals surface area contributed by atoms with E-state index in [0.29, 0.717) is 11.7 Å². The fourth-order valence-corrected chi connectivity index (χ4v) is 2.16. The lowest BCUT2D eigenvalue weighted by Gasteiger charge is -1.99. The Balaban J connectivity index is 1.95. The van der Waals surface area contributed by atoms with E-state index in [2.05, 4.69) is 19.1 Å². The summed E-state index contributed by atoms with van der Waals surface area (Å²) in [6.07, 6.45) is 15.2. The molecule has 0 radical (unpaired) electrons. The van der Waals surface area contributed by atoms with Crippen LogP contribution in [0.25, 0.3) is 0 Å². The van der Waals surface area contributed by atoms with Crippen LogP contribution in [0.4, 0.5) is 0 Å². The van der Waals surface area contributed by atoms with Crippen LogP contribution in [0.5, 0.6) is 0 Å². The number of allylic oxidation sites excluding steroid dienone is 2. The lowest BCUT2D eigenvalue weighted by molar-refractivity contribution is -0.117. The zero-order chi connectivity index (χ0) is 10.9. The maximum Gasteiger partial charge on any atom is 0.133 e. The maximum atomic E-state index is 11.0. The molecule has 0 N–H and O–H groups in total. The minimum atomic E-state index is 0.451. The number of carbonyl (C=O) groups excluding carboxylic acids is 1. The van der Waals surface area contributed by atoms with Crippen molar-refractivity contribution in [3.63, 3.8) is 0 Å². The molecule has 0 aromatic carbocycles. The average molecular weight is 208 g/mol. The molecule has 86 valence electrons. The molecule has 1 atom stereocenters. The molecule has 0 bridgehead atoms. The highest BCUT2D eigenvalue weighted by Gasteiger charge is 2.18. The Morgan fingerprint density at radius 3 is 2.73 bits per heavy atom. The SMILES string of the molecule is CCCCCCC/C=C/C1CCC(=O)C1. The minimum absolute atomic E-state index is 0.451. The van der Waals surface area contributed by atoms with Gasteiger partial charge < -0.3 is 0 Å². The lowest BCUT2D eigenvalue weighted by atomic mass is 10.1. The quantitative estimate of drug-likeness (QED) is 0.451. The van der Waals surface area contributed by atoms with Gasteiger partial charge in [-0.05, 0) is 25.2 Å². The van der Waals surface area contributed by atoms with E-state index in [1.807, 2.05) is 0 Å². The summed E-state index contributed by atoms with van der Waals surface area (Å²) in [6, 6.07) is 0. The van der Waals surface area contributed by atoms with Crippen LogP contribution in [0.3, 0.4) is 0 Å². The van der Waals surface area contributed by atoms with E-state index in [9.17, 15) is 4.79 Å². The third-order valence-electron chi connectivity index (χ3n) is 3.17. The minimum Gasteiger partial charge on any atom is -0.300 e. The van der Waals surface area contributed by atoms with Gasteiger partial charge in [0, 0.05) is 12.8 Å². The normalized spacial score (nSPS) is 21.7. The summed E-state index contributed by atoms with van der Waals surface area (Å²) in [5, 5.41) is 0. The summed E-state index contributed by atoms with van der Waals surface area (Å²) in [4.78, 5) is 11.0. The van der Waals surface area contributed by atoms with Crippen molar-refractivity contribution in [3.05, 3.63) is 12.2 Å². The fraction of sp³-hybridized carbons (Fsp3) is 0.786. The first-order chi connectivity index (χ1) is 7.33. The van der Waals surface area contributed by atoms with Crippen molar-refractivity contribution in [2.24, 2.45) is 5.92 Å². The first-order valence-electron chi connectivity index (χ1n) is 6.51. The molecule has 0 aromatic heterocycles. The van der Waals surface area contributed by atoms with Gasteiger partial charge in [-0.25, -0.2) is 0 Å². The predicted octanol–water partition coefficient (Wildman–Crippen LogP) is 4.27. The van der Waals surface area contributed by atoms with Crippen LogP contribution in [0.15, 0.2) is 12.2 Å². The summed E-state index contributed by atoms with van der Waals surface area (Å²) in [6.45, 7) is 2.25. The zero-order valence-electron chi connectivity index (χ0n) is 10.0. The molecule has 1 nitrogen and oxygen atoms in total. The number of Topliss-reactive ketones (excluding diaryl/α,β-unsaturated/α-hetero) is 1. The highest BCUT2D eigenvalue weighted by Crippen LogP contribution is 2.23. The first kappa shape index (κ1) is 12.5. The van der Waals surface area contributed by atoms with Crippen molar-refractivity contribution >= 4 is 5.78 Å². The van der Waals surface area contributed by atoms with Gasteiger partial charge in [0.2, 0.25) is 0 Å². The van der Waals surface area contributed by atoms with Crippen molar-refractivity contribution in [3.8, 4) is 0 Å².